The zero-order chi connectivity index (χ0) is 13.6. The van der Waals surface area contributed by atoms with E-state index in [1.807, 2.05) is 29.6 Å². The van der Waals surface area contributed by atoms with Gasteiger partial charge in [-0.15, -0.1) is 11.3 Å². The number of ether oxygens (including phenoxy) is 1. The molecule has 3 aromatic rings. The Morgan fingerprint density at radius 1 is 1.05 bits per heavy atom. The maximum Gasteiger partial charge on any atom is 0.187 e. The summed E-state index contributed by atoms with van der Waals surface area (Å²) in [6.07, 6.45) is 6.76. The summed E-state index contributed by atoms with van der Waals surface area (Å²) >= 11 is 1.56. The summed E-state index contributed by atoms with van der Waals surface area (Å²) in [5.41, 5.74) is 1.78. The molecule has 3 rings (SSSR count). The maximum atomic E-state index is 5.64. The van der Waals surface area contributed by atoms with Gasteiger partial charge in [0.15, 0.2) is 5.13 Å². The topological polar surface area (TPSA) is 59.9 Å². The van der Waals surface area contributed by atoms with Crippen molar-refractivity contribution in [2.75, 3.05) is 5.32 Å². The van der Waals surface area contributed by atoms with Crippen LogP contribution in [0.15, 0.2) is 54.4 Å². The fourth-order valence-electron chi connectivity index (χ4n) is 1.60. The van der Waals surface area contributed by atoms with Gasteiger partial charge in [-0.3, -0.25) is 9.97 Å². The van der Waals surface area contributed by atoms with Crippen molar-refractivity contribution >= 4 is 22.2 Å². The predicted molar refractivity (Wildman–Crippen MR) is 78.2 cm³/mol. The van der Waals surface area contributed by atoms with Crippen molar-refractivity contribution in [1.29, 1.82) is 0 Å². The fraction of sp³-hybridized carbons (Fsp3) is 0.0714. The average molecular weight is 284 g/mol. The smallest absolute Gasteiger partial charge is 0.187 e. The Hall–Kier alpha value is -2.47. The van der Waals surface area contributed by atoms with Crippen LogP contribution in [0.2, 0.25) is 0 Å². The number of thiazole rings is 1. The molecule has 0 aliphatic carbocycles. The number of anilines is 2. The molecule has 0 atom stereocenters. The van der Waals surface area contributed by atoms with Crippen LogP contribution in [0.3, 0.4) is 0 Å². The molecule has 0 spiro atoms. The van der Waals surface area contributed by atoms with E-state index in [2.05, 4.69) is 20.3 Å². The van der Waals surface area contributed by atoms with Crippen molar-refractivity contribution in [3.05, 3.63) is 60.1 Å². The number of nitrogens with zero attached hydrogens (tertiary/aromatic N) is 3. The van der Waals surface area contributed by atoms with Gasteiger partial charge in [0.1, 0.15) is 12.4 Å². The second-order valence-electron chi connectivity index (χ2n) is 3.97. The first kappa shape index (κ1) is 12.6. The summed E-state index contributed by atoms with van der Waals surface area (Å²) in [6.45, 7) is 0.410. The molecule has 0 bridgehead atoms. The van der Waals surface area contributed by atoms with Crippen molar-refractivity contribution in [2.45, 2.75) is 6.61 Å². The highest BCUT2D eigenvalue weighted by atomic mass is 32.1. The normalized spacial score (nSPS) is 10.2. The molecule has 0 aliphatic rings. The van der Waals surface area contributed by atoms with Gasteiger partial charge in [0, 0.05) is 29.7 Å². The summed E-state index contributed by atoms with van der Waals surface area (Å²) in [5, 5.41) is 6.02. The first-order chi connectivity index (χ1) is 9.90. The van der Waals surface area contributed by atoms with Crippen molar-refractivity contribution < 1.29 is 4.74 Å². The number of rotatable bonds is 5. The molecule has 0 amide bonds. The van der Waals surface area contributed by atoms with E-state index in [1.165, 1.54) is 0 Å². The van der Waals surface area contributed by atoms with E-state index in [-0.39, 0.29) is 0 Å². The van der Waals surface area contributed by atoms with Gasteiger partial charge in [0.25, 0.3) is 0 Å². The second-order valence-corrected chi connectivity index (χ2v) is 4.87. The number of nitrogens with one attached hydrogen (secondary N) is 1. The van der Waals surface area contributed by atoms with E-state index >= 15 is 0 Å². The van der Waals surface area contributed by atoms with Crippen LogP contribution in [-0.2, 0) is 6.61 Å². The minimum absolute atomic E-state index is 0.410. The first-order valence-electron chi connectivity index (χ1n) is 6.04. The van der Waals surface area contributed by atoms with Gasteiger partial charge in [-0.1, -0.05) is 0 Å². The number of aromatic nitrogens is 3. The molecule has 0 fully saturated rings. The van der Waals surface area contributed by atoms with Gasteiger partial charge < -0.3 is 10.1 Å². The Balaban J connectivity index is 1.59. The molecule has 5 nitrogen and oxygen atoms in total. The average Bonchev–Trinajstić information content (AvgIpc) is 3.01. The van der Waals surface area contributed by atoms with Crippen LogP contribution in [0.1, 0.15) is 5.69 Å². The highest BCUT2D eigenvalue weighted by Gasteiger charge is 1.99. The molecule has 20 heavy (non-hydrogen) atoms. The lowest BCUT2D eigenvalue weighted by atomic mass is 10.3. The third-order valence-corrected chi connectivity index (χ3v) is 3.23. The number of hydrogen-bond acceptors (Lipinski definition) is 6. The van der Waals surface area contributed by atoms with Gasteiger partial charge >= 0.3 is 0 Å². The quantitative estimate of drug-likeness (QED) is 0.779. The minimum atomic E-state index is 0.410. The molecule has 100 valence electrons. The van der Waals surface area contributed by atoms with Crippen molar-refractivity contribution in [1.82, 2.24) is 15.0 Å². The Morgan fingerprint density at radius 2 is 1.95 bits per heavy atom. The van der Waals surface area contributed by atoms with E-state index in [4.69, 9.17) is 4.74 Å². The maximum absolute atomic E-state index is 5.64. The third kappa shape index (κ3) is 3.30. The number of hydrogen-bond donors (Lipinski definition) is 1. The van der Waals surface area contributed by atoms with Crippen LogP contribution in [0.25, 0.3) is 0 Å². The lowest BCUT2D eigenvalue weighted by molar-refractivity contribution is 0.301. The van der Waals surface area contributed by atoms with E-state index in [0.29, 0.717) is 6.61 Å². The van der Waals surface area contributed by atoms with E-state index < -0.39 is 0 Å². The molecular weight excluding hydrogens is 272 g/mol. The summed E-state index contributed by atoms with van der Waals surface area (Å²) < 4.78 is 5.64. The molecule has 2 heterocycles. The molecule has 2 aromatic heterocycles. The molecule has 1 N–H and O–H groups in total. The Labute approximate surface area is 120 Å². The Morgan fingerprint density at radius 3 is 2.65 bits per heavy atom. The van der Waals surface area contributed by atoms with E-state index in [9.17, 15) is 0 Å². The predicted octanol–water partition coefficient (Wildman–Crippen LogP) is 3.26. The van der Waals surface area contributed by atoms with Gasteiger partial charge in [-0.2, -0.15) is 0 Å². The lowest BCUT2D eigenvalue weighted by Crippen LogP contribution is -1.98. The van der Waals surface area contributed by atoms with Crippen LogP contribution in [0.4, 0.5) is 10.8 Å². The van der Waals surface area contributed by atoms with E-state index in [0.717, 1.165) is 22.3 Å². The monoisotopic (exact) mass is 284 g/mol. The largest absolute Gasteiger partial charge is 0.487 e. The zero-order valence-electron chi connectivity index (χ0n) is 10.6. The van der Waals surface area contributed by atoms with Crippen molar-refractivity contribution in [3.8, 4) is 5.75 Å². The van der Waals surface area contributed by atoms with Gasteiger partial charge in [-0.05, 0) is 24.3 Å². The standard InChI is InChI=1S/C14H12N4OS/c1-3-13(19-10-12-9-15-5-6-16-12)4-2-11(1)18-14-17-7-8-20-14/h1-9H,10H2,(H,17,18). The molecule has 0 saturated carbocycles. The highest BCUT2D eigenvalue weighted by molar-refractivity contribution is 7.13. The summed E-state index contributed by atoms with van der Waals surface area (Å²) in [4.78, 5) is 12.3. The first-order valence-corrected chi connectivity index (χ1v) is 6.92. The van der Waals surface area contributed by atoms with Crippen LogP contribution < -0.4 is 10.1 Å². The summed E-state index contributed by atoms with van der Waals surface area (Å²) in [5.74, 6) is 0.792. The van der Waals surface area contributed by atoms with Crippen molar-refractivity contribution in [2.24, 2.45) is 0 Å². The van der Waals surface area contributed by atoms with Crippen LogP contribution >= 0.6 is 11.3 Å². The van der Waals surface area contributed by atoms with Gasteiger partial charge in [0.2, 0.25) is 0 Å². The highest BCUT2D eigenvalue weighted by Crippen LogP contribution is 2.21. The minimum Gasteiger partial charge on any atom is -0.487 e. The van der Waals surface area contributed by atoms with Crippen molar-refractivity contribution in [3.63, 3.8) is 0 Å². The molecule has 0 saturated heterocycles. The molecule has 6 heteroatoms. The SMILES string of the molecule is c1cnc(COc2ccc(Nc3nccs3)cc2)cn1. The second kappa shape index (κ2) is 6.12. The summed E-state index contributed by atoms with van der Waals surface area (Å²) in [6, 6.07) is 7.72. The summed E-state index contributed by atoms with van der Waals surface area (Å²) in [7, 11) is 0. The van der Waals surface area contributed by atoms with Crippen LogP contribution in [0, 0.1) is 0 Å². The lowest BCUT2D eigenvalue weighted by Gasteiger charge is -2.07. The van der Waals surface area contributed by atoms with E-state index in [1.54, 1.807) is 36.1 Å². The molecular formula is C14H12N4OS. The molecule has 1 aromatic carbocycles. The van der Waals surface area contributed by atoms with Gasteiger partial charge in [-0.25, -0.2) is 4.98 Å². The fourth-order valence-corrected chi connectivity index (χ4v) is 2.15. The number of benzene rings is 1. The molecule has 0 unspecified atom stereocenters. The zero-order valence-corrected chi connectivity index (χ0v) is 11.4. The van der Waals surface area contributed by atoms with Gasteiger partial charge in [0.05, 0.1) is 11.9 Å². The Bertz CT molecular complexity index is 641. The van der Waals surface area contributed by atoms with Crippen LogP contribution in [0.5, 0.6) is 5.75 Å². The third-order valence-electron chi connectivity index (χ3n) is 2.54. The molecule has 0 radical (unpaired) electrons. The van der Waals surface area contributed by atoms with Crippen LogP contribution in [-0.4, -0.2) is 15.0 Å². The Kier molecular flexibility index (Phi) is 3.84. The molecule has 0 aliphatic heterocycles.